The van der Waals surface area contributed by atoms with E-state index in [0.29, 0.717) is 5.69 Å². The molecular formula is C17H13N5O2. The molecule has 2 N–H and O–H groups in total. The summed E-state index contributed by atoms with van der Waals surface area (Å²) in [4.78, 5) is 20.0. The van der Waals surface area contributed by atoms with Crippen molar-refractivity contribution in [2.24, 2.45) is 0 Å². The maximum absolute atomic E-state index is 12.0. The van der Waals surface area contributed by atoms with E-state index in [-0.39, 0.29) is 16.9 Å². The number of aromatic nitrogens is 3. The Morgan fingerprint density at radius 3 is 2.46 bits per heavy atom. The summed E-state index contributed by atoms with van der Waals surface area (Å²) in [5.74, 6) is -0.602. The molecule has 7 heteroatoms. The summed E-state index contributed by atoms with van der Waals surface area (Å²) in [7, 11) is 1.27. The fourth-order valence-electron chi connectivity index (χ4n) is 2.38. The normalized spacial score (nSPS) is 10.2. The van der Waals surface area contributed by atoms with Gasteiger partial charge in [-0.1, -0.05) is 12.1 Å². The fourth-order valence-corrected chi connectivity index (χ4v) is 2.38. The van der Waals surface area contributed by atoms with Crippen LogP contribution in [0.1, 0.15) is 16.1 Å². The van der Waals surface area contributed by atoms with Crippen molar-refractivity contribution in [3.8, 4) is 22.9 Å². The van der Waals surface area contributed by atoms with Gasteiger partial charge in [-0.25, -0.2) is 14.8 Å². The first-order chi connectivity index (χ1) is 11.7. The Labute approximate surface area is 138 Å². The number of esters is 1. The van der Waals surface area contributed by atoms with E-state index in [9.17, 15) is 4.79 Å². The summed E-state index contributed by atoms with van der Waals surface area (Å²) in [6.07, 6.45) is 6.40. The molecule has 0 saturated carbocycles. The lowest BCUT2D eigenvalue weighted by Crippen LogP contribution is -2.11. The molecule has 3 rings (SSSR count). The van der Waals surface area contributed by atoms with Crippen LogP contribution >= 0.6 is 0 Å². The fraction of sp³-hybridized carbons (Fsp3) is 0.0588. The van der Waals surface area contributed by atoms with Crippen molar-refractivity contribution in [3.05, 3.63) is 60.4 Å². The van der Waals surface area contributed by atoms with Crippen LogP contribution in [0.15, 0.2) is 49.2 Å². The van der Waals surface area contributed by atoms with Crippen molar-refractivity contribution in [3.63, 3.8) is 0 Å². The van der Waals surface area contributed by atoms with E-state index >= 15 is 0 Å². The first-order valence-electron chi connectivity index (χ1n) is 7.00. The summed E-state index contributed by atoms with van der Waals surface area (Å²) in [5, 5.41) is 9.14. The third kappa shape index (κ3) is 2.57. The number of rotatable bonds is 3. The lowest BCUT2D eigenvalue weighted by Gasteiger charge is -2.09. The quantitative estimate of drug-likeness (QED) is 0.741. The highest BCUT2D eigenvalue weighted by Crippen LogP contribution is 2.26. The van der Waals surface area contributed by atoms with Gasteiger partial charge in [-0.15, -0.1) is 0 Å². The van der Waals surface area contributed by atoms with Gasteiger partial charge in [0.1, 0.15) is 12.4 Å². The number of carbonyl (C=O) groups is 1. The van der Waals surface area contributed by atoms with Gasteiger partial charge in [-0.05, 0) is 17.7 Å². The lowest BCUT2D eigenvalue weighted by atomic mass is 10.1. The van der Waals surface area contributed by atoms with Gasteiger partial charge in [0.15, 0.2) is 5.69 Å². The van der Waals surface area contributed by atoms with E-state index < -0.39 is 5.97 Å². The predicted molar refractivity (Wildman–Crippen MR) is 87.3 cm³/mol. The first kappa shape index (κ1) is 15.2. The average Bonchev–Trinajstić information content (AvgIpc) is 2.98. The van der Waals surface area contributed by atoms with Gasteiger partial charge in [0.25, 0.3) is 0 Å². The van der Waals surface area contributed by atoms with Crippen molar-refractivity contribution in [2.75, 3.05) is 12.8 Å². The highest BCUT2D eigenvalue weighted by atomic mass is 16.5. The third-order valence-corrected chi connectivity index (χ3v) is 3.58. The Morgan fingerprint density at radius 2 is 1.88 bits per heavy atom. The molecule has 0 atom stereocenters. The van der Waals surface area contributed by atoms with Gasteiger partial charge < -0.3 is 15.0 Å². The monoisotopic (exact) mass is 319 g/mol. The molecule has 7 nitrogen and oxygen atoms in total. The summed E-state index contributed by atoms with van der Waals surface area (Å²) in [6, 6.07) is 9.35. The standard InChI is InChI=1S/C17H13N5O2/c1-24-17(23)16-15(19)12(6-18)9-22(16)14-4-2-11(3-5-14)13-7-20-10-21-8-13/h2-5,7-10H,19H2,1H3. The second-order valence-corrected chi connectivity index (χ2v) is 4.95. The topological polar surface area (TPSA) is 107 Å². The number of anilines is 1. The number of hydrogen-bond acceptors (Lipinski definition) is 6. The van der Waals surface area contributed by atoms with Crippen LogP contribution in [0.4, 0.5) is 5.69 Å². The average molecular weight is 319 g/mol. The van der Waals surface area contributed by atoms with Crippen LogP contribution in [0.3, 0.4) is 0 Å². The summed E-state index contributed by atoms with van der Waals surface area (Å²) < 4.78 is 6.31. The van der Waals surface area contributed by atoms with E-state index in [1.54, 1.807) is 17.0 Å². The predicted octanol–water partition coefficient (Wildman–Crippen LogP) is 2.17. The molecule has 0 spiro atoms. The highest BCUT2D eigenvalue weighted by Gasteiger charge is 2.21. The molecule has 0 amide bonds. The molecule has 1 aromatic carbocycles. The zero-order valence-electron chi connectivity index (χ0n) is 12.8. The number of hydrogen-bond donors (Lipinski definition) is 1. The number of nitrogens with zero attached hydrogens (tertiary/aromatic N) is 4. The lowest BCUT2D eigenvalue weighted by molar-refractivity contribution is 0.0593. The number of carbonyl (C=O) groups excluding carboxylic acids is 1. The highest BCUT2D eigenvalue weighted by molar-refractivity contribution is 5.96. The molecule has 118 valence electrons. The number of nitriles is 1. The number of ether oxygens (including phenoxy) is 1. The van der Waals surface area contributed by atoms with E-state index in [1.165, 1.54) is 19.6 Å². The smallest absolute Gasteiger partial charge is 0.357 e. The van der Waals surface area contributed by atoms with Crippen molar-refractivity contribution >= 4 is 11.7 Å². The molecule has 0 unspecified atom stereocenters. The molecule has 0 aliphatic heterocycles. The molecule has 0 aliphatic carbocycles. The van der Waals surface area contributed by atoms with E-state index in [4.69, 9.17) is 15.7 Å². The largest absolute Gasteiger partial charge is 0.464 e. The zero-order chi connectivity index (χ0) is 17.1. The van der Waals surface area contributed by atoms with Gasteiger partial charge in [0, 0.05) is 29.8 Å². The van der Waals surface area contributed by atoms with E-state index in [1.807, 2.05) is 30.3 Å². The first-order valence-corrected chi connectivity index (χ1v) is 7.00. The molecule has 0 radical (unpaired) electrons. The molecule has 0 fully saturated rings. The number of nitrogen functional groups attached to an aromatic ring is 1. The molecule has 24 heavy (non-hydrogen) atoms. The molecule has 0 saturated heterocycles. The molecule has 3 aromatic rings. The van der Waals surface area contributed by atoms with Gasteiger partial charge in [0.2, 0.25) is 0 Å². The Balaban J connectivity index is 2.07. The van der Waals surface area contributed by atoms with Crippen LogP contribution < -0.4 is 5.73 Å². The minimum Gasteiger partial charge on any atom is -0.464 e. The molecule has 2 aromatic heterocycles. The Hall–Kier alpha value is -3.66. The number of nitrogens with two attached hydrogens (primary N) is 1. The second-order valence-electron chi connectivity index (χ2n) is 4.95. The van der Waals surface area contributed by atoms with E-state index in [2.05, 4.69) is 9.97 Å². The summed E-state index contributed by atoms with van der Waals surface area (Å²) in [6.45, 7) is 0. The van der Waals surface area contributed by atoms with Crippen molar-refractivity contribution in [1.29, 1.82) is 5.26 Å². The Morgan fingerprint density at radius 1 is 1.21 bits per heavy atom. The molecule has 2 heterocycles. The SMILES string of the molecule is COC(=O)c1c(N)c(C#N)cn1-c1ccc(-c2cncnc2)cc1. The van der Waals surface area contributed by atoms with Crippen molar-refractivity contribution in [2.45, 2.75) is 0 Å². The van der Waals surface area contributed by atoms with Crippen molar-refractivity contribution < 1.29 is 9.53 Å². The Bertz CT molecular complexity index is 924. The minimum absolute atomic E-state index is 0.102. The van der Waals surface area contributed by atoms with E-state index in [0.717, 1.165) is 11.1 Å². The molecular weight excluding hydrogens is 306 g/mol. The van der Waals surface area contributed by atoms with Gasteiger partial charge in [-0.3, -0.25) is 0 Å². The Kier molecular flexibility index (Phi) is 3.95. The summed E-state index contributed by atoms with van der Waals surface area (Å²) in [5.41, 5.74) is 8.83. The van der Waals surface area contributed by atoms with Crippen molar-refractivity contribution in [1.82, 2.24) is 14.5 Å². The minimum atomic E-state index is -0.602. The second kappa shape index (κ2) is 6.22. The van der Waals surface area contributed by atoms with Gasteiger partial charge >= 0.3 is 5.97 Å². The number of benzene rings is 1. The van der Waals surface area contributed by atoms with Crippen LogP contribution in [0.25, 0.3) is 16.8 Å². The molecule has 0 aliphatic rings. The maximum atomic E-state index is 12.0. The third-order valence-electron chi connectivity index (χ3n) is 3.58. The van der Waals surface area contributed by atoms with Crippen LogP contribution in [-0.2, 0) is 4.74 Å². The molecule has 0 bridgehead atoms. The van der Waals surface area contributed by atoms with Crippen LogP contribution in [0.2, 0.25) is 0 Å². The summed E-state index contributed by atoms with van der Waals surface area (Å²) >= 11 is 0. The van der Waals surface area contributed by atoms with Crippen LogP contribution in [-0.4, -0.2) is 27.6 Å². The van der Waals surface area contributed by atoms with Crippen LogP contribution in [0, 0.1) is 11.3 Å². The van der Waals surface area contributed by atoms with Gasteiger partial charge in [-0.2, -0.15) is 5.26 Å². The maximum Gasteiger partial charge on any atom is 0.357 e. The van der Waals surface area contributed by atoms with Crippen LogP contribution in [0.5, 0.6) is 0 Å². The van der Waals surface area contributed by atoms with Gasteiger partial charge in [0.05, 0.1) is 18.4 Å². The zero-order valence-corrected chi connectivity index (χ0v) is 12.8. The number of methoxy groups -OCH3 is 1.